The molecule has 2 N–H and O–H groups in total. The fraction of sp³-hybridized carbons (Fsp3) is 0.400. The van der Waals surface area contributed by atoms with Crippen LogP contribution in [-0.4, -0.2) is 19.0 Å². The van der Waals surface area contributed by atoms with Crippen molar-refractivity contribution in [2.75, 3.05) is 7.11 Å². The van der Waals surface area contributed by atoms with Gasteiger partial charge in [0.25, 0.3) is 0 Å². The number of rotatable bonds is 2. The molecule has 0 radical (unpaired) electrons. The van der Waals surface area contributed by atoms with Crippen LogP contribution in [0.5, 0.6) is 0 Å². The first kappa shape index (κ1) is 10.5. The molecule has 2 atom stereocenters. The summed E-state index contributed by atoms with van der Waals surface area (Å²) in [6, 6.07) is 0. The Labute approximate surface area is 82.4 Å². The van der Waals surface area contributed by atoms with Crippen molar-refractivity contribution in [3.8, 4) is 0 Å². The van der Waals surface area contributed by atoms with Crippen molar-refractivity contribution in [2.24, 2.45) is 17.6 Å². The fourth-order valence-electron chi connectivity index (χ4n) is 1.59. The van der Waals surface area contributed by atoms with Gasteiger partial charge in [0.1, 0.15) is 0 Å². The fourth-order valence-corrected chi connectivity index (χ4v) is 1.59. The van der Waals surface area contributed by atoms with Crippen LogP contribution in [0.25, 0.3) is 0 Å². The van der Waals surface area contributed by atoms with Crippen LogP contribution >= 0.6 is 0 Å². The first-order valence-electron chi connectivity index (χ1n) is 4.30. The van der Waals surface area contributed by atoms with E-state index < -0.39 is 23.7 Å². The number of esters is 1. The van der Waals surface area contributed by atoms with Crippen molar-refractivity contribution in [3.05, 3.63) is 24.3 Å². The Morgan fingerprint density at radius 2 is 2.29 bits per heavy atom. The summed E-state index contributed by atoms with van der Waals surface area (Å²) in [5.74, 6) is -2.10. The number of ether oxygens (including phenoxy) is 1. The van der Waals surface area contributed by atoms with E-state index in [-0.39, 0.29) is 0 Å². The van der Waals surface area contributed by atoms with Crippen LogP contribution in [0.3, 0.4) is 0 Å². The van der Waals surface area contributed by atoms with E-state index in [1.165, 1.54) is 7.11 Å². The van der Waals surface area contributed by atoms with Gasteiger partial charge in [-0.1, -0.05) is 18.7 Å². The number of methoxy groups -OCH3 is 1. The molecule has 0 aliphatic heterocycles. The average molecular weight is 195 g/mol. The van der Waals surface area contributed by atoms with Crippen molar-refractivity contribution in [2.45, 2.75) is 6.42 Å². The quantitative estimate of drug-likeness (QED) is 0.648. The number of allylic oxidation sites excluding steroid dienone is 2. The standard InChI is InChI=1S/C10H13NO3/c1-6-4-3-5-7(9(11)12)8(6)10(13)14-2/h3-4,7-8H,1,5H2,2H3,(H2,11,12). The van der Waals surface area contributed by atoms with E-state index in [0.717, 1.165) is 0 Å². The maximum absolute atomic E-state index is 11.4. The molecule has 0 aromatic carbocycles. The molecule has 1 aliphatic rings. The minimum atomic E-state index is -0.623. The van der Waals surface area contributed by atoms with Crippen molar-refractivity contribution < 1.29 is 14.3 Å². The van der Waals surface area contributed by atoms with Crippen molar-refractivity contribution in [1.82, 2.24) is 0 Å². The minimum absolute atomic E-state index is 0.455. The number of carbonyl (C=O) groups excluding carboxylic acids is 2. The normalized spacial score (nSPS) is 25.9. The summed E-state index contributed by atoms with van der Waals surface area (Å²) in [4.78, 5) is 22.4. The van der Waals surface area contributed by atoms with Crippen molar-refractivity contribution in [1.29, 1.82) is 0 Å². The smallest absolute Gasteiger partial charge is 0.313 e. The van der Waals surface area contributed by atoms with Crippen LogP contribution in [0.15, 0.2) is 24.3 Å². The summed E-state index contributed by atoms with van der Waals surface area (Å²) in [6.45, 7) is 3.70. The molecule has 0 saturated heterocycles. The lowest BCUT2D eigenvalue weighted by molar-refractivity contribution is -0.148. The summed E-state index contributed by atoms with van der Waals surface area (Å²) < 4.78 is 4.60. The van der Waals surface area contributed by atoms with E-state index in [9.17, 15) is 9.59 Å². The summed E-state index contributed by atoms with van der Waals surface area (Å²) in [6.07, 6.45) is 3.98. The highest BCUT2D eigenvalue weighted by atomic mass is 16.5. The second kappa shape index (κ2) is 4.09. The molecule has 1 rings (SSSR count). The maximum atomic E-state index is 11.4. The highest BCUT2D eigenvalue weighted by molar-refractivity contribution is 5.87. The topological polar surface area (TPSA) is 69.4 Å². The van der Waals surface area contributed by atoms with Gasteiger partial charge in [-0.2, -0.15) is 0 Å². The monoisotopic (exact) mass is 195 g/mol. The van der Waals surface area contributed by atoms with Crippen LogP contribution < -0.4 is 5.73 Å². The van der Waals surface area contributed by atoms with Gasteiger partial charge in [-0.05, 0) is 12.0 Å². The maximum Gasteiger partial charge on any atom is 0.313 e. The highest BCUT2D eigenvalue weighted by Crippen LogP contribution is 2.29. The largest absolute Gasteiger partial charge is 0.469 e. The molecule has 0 aromatic heterocycles. The van der Waals surface area contributed by atoms with Gasteiger partial charge >= 0.3 is 5.97 Å². The Morgan fingerprint density at radius 1 is 1.64 bits per heavy atom. The van der Waals surface area contributed by atoms with Gasteiger partial charge in [-0.25, -0.2) is 0 Å². The molecule has 1 amide bonds. The second-order valence-corrected chi connectivity index (χ2v) is 3.22. The molecule has 2 unspecified atom stereocenters. The first-order valence-corrected chi connectivity index (χ1v) is 4.30. The van der Waals surface area contributed by atoms with Crippen LogP contribution in [0.1, 0.15) is 6.42 Å². The van der Waals surface area contributed by atoms with Crippen molar-refractivity contribution in [3.63, 3.8) is 0 Å². The summed E-state index contributed by atoms with van der Waals surface area (Å²) in [7, 11) is 1.28. The number of hydrogen-bond acceptors (Lipinski definition) is 3. The number of amides is 1. The number of carbonyl (C=O) groups is 2. The lowest BCUT2D eigenvalue weighted by Gasteiger charge is -2.25. The van der Waals surface area contributed by atoms with Gasteiger partial charge < -0.3 is 10.5 Å². The van der Waals surface area contributed by atoms with E-state index in [4.69, 9.17) is 5.73 Å². The Morgan fingerprint density at radius 3 is 2.79 bits per heavy atom. The number of nitrogens with two attached hydrogens (primary N) is 1. The average Bonchev–Trinajstić information content (AvgIpc) is 2.16. The zero-order valence-electron chi connectivity index (χ0n) is 8.03. The third kappa shape index (κ3) is 1.84. The molecule has 14 heavy (non-hydrogen) atoms. The van der Waals surface area contributed by atoms with Gasteiger partial charge in [0.05, 0.1) is 18.9 Å². The van der Waals surface area contributed by atoms with Gasteiger partial charge in [0, 0.05) is 0 Å². The van der Waals surface area contributed by atoms with E-state index >= 15 is 0 Å². The molecule has 0 fully saturated rings. The molecule has 0 saturated carbocycles. The minimum Gasteiger partial charge on any atom is -0.469 e. The summed E-state index contributed by atoms with van der Waals surface area (Å²) in [5, 5.41) is 0. The van der Waals surface area contributed by atoms with Crippen molar-refractivity contribution >= 4 is 11.9 Å². The summed E-state index contributed by atoms with van der Waals surface area (Å²) in [5.41, 5.74) is 5.77. The highest BCUT2D eigenvalue weighted by Gasteiger charge is 2.35. The van der Waals surface area contributed by atoms with Gasteiger partial charge in [-0.3, -0.25) is 9.59 Å². The van der Waals surface area contributed by atoms with Gasteiger partial charge in [0.2, 0.25) is 5.91 Å². The van der Waals surface area contributed by atoms with Gasteiger partial charge in [0.15, 0.2) is 0 Å². The molecular formula is C10H13NO3. The lowest BCUT2D eigenvalue weighted by atomic mass is 9.80. The molecular weight excluding hydrogens is 182 g/mol. The SMILES string of the molecule is C=C1C=CCC(C(N)=O)C1C(=O)OC. The number of hydrogen-bond donors (Lipinski definition) is 1. The molecule has 4 nitrogen and oxygen atoms in total. The van der Waals surface area contributed by atoms with Gasteiger partial charge in [-0.15, -0.1) is 0 Å². The lowest BCUT2D eigenvalue weighted by Crippen LogP contribution is -2.36. The second-order valence-electron chi connectivity index (χ2n) is 3.22. The Bertz CT molecular complexity index is 306. The Kier molecular flexibility index (Phi) is 3.06. The zero-order valence-corrected chi connectivity index (χ0v) is 8.03. The summed E-state index contributed by atoms with van der Waals surface area (Å²) >= 11 is 0. The molecule has 4 heteroatoms. The molecule has 0 bridgehead atoms. The van der Waals surface area contributed by atoms with E-state index in [2.05, 4.69) is 11.3 Å². The molecule has 76 valence electrons. The molecule has 0 aromatic rings. The predicted octanol–water partition coefficient (Wildman–Crippen LogP) is 0.393. The molecule has 0 heterocycles. The Balaban J connectivity index is 2.95. The predicted molar refractivity (Wildman–Crippen MR) is 51.1 cm³/mol. The zero-order chi connectivity index (χ0) is 10.7. The third-order valence-corrected chi connectivity index (χ3v) is 2.34. The van der Waals surface area contributed by atoms with Crippen LogP contribution in [0.2, 0.25) is 0 Å². The van der Waals surface area contributed by atoms with Crippen LogP contribution in [-0.2, 0) is 14.3 Å². The van der Waals surface area contributed by atoms with E-state index in [1.807, 2.05) is 0 Å². The third-order valence-electron chi connectivity index (χ3n) is 2.34. The first-order chi connectivity index (χ1) is 6.57. The number of primary amides is 1. The van der Waals surface area contributed by atoms with Crippen LogP contribution in [0.4, 0.5) is 0 Å². The Hall–Kier alpha value is -1.58. The van der Waals surface area contributed by atoms with E-state index in [1.54, 1.807) is 12.2 Å². The molecule has 1 aliphatic carbocycles. The molecule has 0 spiro atoms. The van der Waals surface area contributed by atoms with Crippen LogP contribution in [0, 0.1) is 11.8 Å². The van der Waals surface area contributed by atoms with E-state index in [0.29, 0.717) is 12.0 Å².